The fraction of sp³-hybridized carbons (Fsp3) is 0.105. The predicted molar refractivity (Wildman–Crippen MR) is 99.4 cm³/mol. The average molecular weight is 350 g/mol. The molecule has 0 aliphatic carbocycles. The molecule has 26 heavy (non-hydrogen) atoms. The number of ether oxygens (including phenoxy) is 2. The number of aromatic nitrogens is 2. The largest absolute Gasteiger partial charge is 0.495 e. The lowest BCUT2D eigenvalue weighted by atomic mass is 10.2. The van der Waals surface area contributed by atoms with Crippen molar-refractivity contribution in [2.45, 2.75) is 0 Å². The van der Waals surface area contributed by atoms with Crippen LogP contribution in [0.4, 0.5) is 23.1 Å². The van der Waals surface area contributed by atoms with E-state index in [4.69, 9.17) is 9.47 Å². The van der Waals surface area contributed by atoms with Crippen molar-refractivity contribution >= 4 is 29.1 Å². The van der Waals surface area contributed by atoms with Crippen molar-refractivity contribution in [2.24, 2.45) is 0 Å². The zero-order chi connectivity index (χ0) is 18.4. The number of nitrogens with one attached hydrogen (secondary N) is 2. The minimum atomic E-state index is -0.422. The maximum absolute atomic E-state index is 11.9. The summed E-state index contributed by atoms with van der Waals surface area (Å²) in [6.07, 6.45) is 1.62. The van der Waals surface area contributed by atoms with Gasteiger partial charge in [0.05, 0.1) is 31.2 Å². The van der Waals surface area contributed by atoms with Gasteiger partial charge in [0.2, 0.25) is 5.95 Å². The third kappa shape index (κ3) is 3.89. The van der Waals surface area contributed by atoms with E-state index in [9.17, 15) is 4.79 Å². The summed E-state index contributed by atoms with van der Waals surface area (Å²) in [7, 11) is 2.95. The Morgan fingerprint density at radius 1 is 0.923 bits per heavy atom. The van der Waals surface area contributed by atoms with Crippen molar-refractivity contribution in [3.05, 3.63) is 66.4 Å². The van der Waals surface area contributed by atoms with Crippen molar-refractivity contribution in [3.63, 3.8) is 0 Å². The van der Waals surface area contributed by atoms with Gasteiger partial charge in [-0.05, 0) is 30.3 Å². The van der Waals surface area contributed by atoms with Crippen molar-refractivity contribution in [2.75, 3.05) is 24.9 Å². The molecule has 7 heteroatoms. The van der Waals surface area contributed by atoms with Crippen LogP contribution in [-0.2, 0) is 4.74 Å². The Morgan fingerprint density at radius 3 is 2.42 bits per heavy atom. The molecule has 0 radical (unpaired) electrons. The second kappa shape index (κ2) is 7.98. The van der Waals surface area contributed by atoms with E-state index >= 15 is 0 Å². The molecule has 3 aromatic rings. The highest BCUT2D eigenvalue weighted by molar-refractivity contribution is 5.96. The van der Waals surface area contributed by atoms with Crippen LogP contribution < -0.4 is 15.4 Å². The quantitative estimate of drug-likeness (QED) is 0.655. The third-order valence-corrected chi connectivity index (χ3v) is 3.60. The molecule has 0 fully saturated rings. The SMILES string of the molecule is COC(=O)c1ccccc1Nc1ccnc(Nc2ccccc2OC)n1. The van der Waals surface area contributed by atoms with Crippen LogP contribution in [0.2, 0.25) is 0 Å². The van der Waals surface area contributed by atoms with E-state index in [1.165, 1.54) is 7.11 Å². The number of methoxy groups -OCH3 is 2. The number of rotatable bonds is 6. The first-order valence-electron chi connectivity index (χ1n) is 7.88. The van der Waals surface area contributed by atoms with Gasteiger partial charge in [0.1, 0.15) is 11.6 Å². The van der Waals surface area contributed by atoms with Crippen molar-refractivity contribution in [3.8, 4) is 5.75 Å². The molecule has 0 unspecified atom stereocenters. The Labute approximate surface area is 151 Å². The molecule has 0 saturated heterocycles. The van der Waals surface area contributed by atoms with E-state index < -0.39 is 5.97 Å². The van der Waals surface area contributed by atoms with E-state index in [0.29, 0.717) is 28.8 Å². The van der Waals surface area contributed by atoms with Gasteiger partial charge in [0, 0.05) is 6.20 Å². The van der Waals surface area contributed by atoms with Gasteiger partial charge in [-0.1, -0.05) is 24.3 Å². The van der Waals surface area contributed by atoms with E-state index in [-0.39, 0.29) is 0 Å². The molecule has 1 heterocycles. The van der Waals surface area contributed by atoms with Gasteiger partial charge < -0.3 is 20.1 Å². The van der Waals surface area contributed by atoms with Gasteiger partial charge in [-0.15, -0.1) is 0 Å². The monoisotopic (exact) mass is 350 g/mol. The highest BCUT2D eigenvalue weighted by Gasteiger charge is 2.12. The standard InChI is InChI=1S/C19H18N4O3/c1-25-16-10-6-5-9-15(16)22-19-20-12-11-17(23-19)21-14-8-4-3-7-13(14)18(24)26-2/h3-12H,1-2H3,(H2,20,21,22,23). The molecule has 0 atom stereocenters. The molecule has 0 aliphatic rings. The zero-order valence-corrected chi connectivity index (χ0v) is 14.4. The summed E-state index contributed by atoms with van der Waals surface area (Å²) >= 11 is 0. The molecule has 0 aliphatic heterocycles. The summed E-state index contributed by atoms with van der Waals surface area (Å²) in [4.78, 5) is 20.5. The van der Waals surface area contributed by atoms with Crippen molar-refractivity contribution < 1.29 is 14.3 Å². The summed E-state index contributed by atoms with van der Waals surface area (Å²) < 4.78 is 10.1. The minimum Gasteiger partial charge on any atom is -0.495 e. The second-order valence-corrected chi connectivity index (χ2v) is 5.25. The summed E-state index contributed by atoms with van der Waals surface area (Å²) in [6, 6.07) is 16.3. The number of carbonyl (C=O) groups is 1. The normalized spacial score (nSPS) is 10.1. The first kappa shape index (κ1) is 17.2. The van der Waals surface area contributed by atoms with E-state index in [0.717, 1.165) is 5.69 Å². The van der Waals surface area contributed by atoms with Crippen molar-refractivity contribution in [1.82, 2.24) is 9.97 Å². The van der Waals surface area contributed by atoms with Crippen LogP contribution in [-0.4, -0.2) is 30.2 Å². The molecule has 0 bridgehead atoms. The lowest BCUT2D eigenvalue weighted by molar-refractivity contribution is 0.0602. The first-order chi connectivity index (χ1) is 12.7. The van der Waals surface area contributed by atoms with Crippen molar-refractivity contribution in [1.29, 1.82) is 0 Å². The highest BCUT2D eigenvalue weighted by Crippen LogP contribution is 2.26. The topological polar surface area (TPSA) is 85.4 Å². The van der Waals surface area contributed by atoms with Gasteiger partial charge >= 0.3 is 5.97 Å². The van der Waals surface area contributed by atoms with Crippen LogP contribution >= 0.6 is 0 Å². The Kier molecular flexibility index (Phi) is 5.28. The molecule has 2 N–H and O–H groups in total. The number of hydrogen-bond acceptors (Lipinski definition) is 7. The van der Waals surface area contributed by atoms with Gasteiger partial charge in [0.25, 0.3) is 0 Å². The number of carbonyl (C=O) groups excluding carboxylic acids is 1. The number of hydrogen-bond donors (Lipinski definition) is 2. The lowest BCUT2D eigenvalue weighted by Gasteiger charge is -2.12. The second-order valence-electron chi connectivity index (χ2n) is 5.25. The third-order valence-electron chi connectivity index (χ3n) is 3.60. The smallest absolute Gasteiger partial charge is 0.339 e. The molecule has 3 rings (SSSR count). The van der Waals surface area contributed by atoms with Crippen LogP contribution in [0.5, 0.6) is 5.75 Å². The van der Waals surface area contributed by atoms with Gasteiger partial charge in [-0.2, -0.15) is 4.98 Å². The summed E-state index contributed by atoms with van der Waals surface area (Å²) in [5.41, 5.74) is 1.77. The number of nitrogens with zero attached hydrogens (tertiary/aromatic N) is 2. The molecule has 0 amide bonds. The number of anilines is 4. The Bertz CT molecular complexity index is 915. The van der Waals surface area contributed by atoms with Gasteiger partial charge in [-0.25, -0.2) is 9.78 Å². The van der Waals surface area contributed by atoms with E-state index in [1.54, 1.807) is 37.6 Å². The summed E-state index contributed by atoms with van der Waals surface area (Å²) in [5, 5.41) is 6.24. The zero-order valence-electron chi connectivity index (χ0n) is 14.4. The molecular formula is C19H18N4O3. The lowest BCUT2D eigenvalue weighted by Crippen LogP contribution is -2.07. The van der Waals surface area contributed by atoms with Gasteiger partial charge in [0.15, 0.2) is 0 Å². The van der Waals surface area contributed by atoms with Crippen LogP contribution in [0.3, 0.4) is 0 Å². The minimum absolute atomic E-state index is 0.398. The maximum Gasteiger partial charge on any atom is 0.339 e. The molecule has 0 spiro atoms. The summed E-state index contributed by atoms with van der Waals surface area (Å²) in [5.74, 6) is 1.20. The first-order valence-corrected chi connectivity index (χ1v) is 7.88. The fourth-order valence-corrected chi connectivity index (χ4v) is 2.37. The van der Waals surface area contributed by atoms with Crippen LogP contribution in [0.15, 0.2) is 60.8 Å². The molecule has 132 valence electrons. The van der Waals surface area contributed by atoms with E-state index in [2.05, 4.69) is 20.6 Å². The highest BCUT2D eigenvalue weighted by atomic mass is 16.5. The van der Waals surface area contributed by atoms with E-state index in [1.807, 2.05) is 30.3 Å². The Balaban J connectivity index is 1.84. The number of para-hydroxylation sites is 3. The predicted octanol–water partition coefficient (Wildman–Crippen LogP) is 3.76. The molecule has 2 aromatic carbocycles. The molecule has 1 aromatic heterocycles. The molecule has 0 saturated carbocycles. The van der Waals surface area contributed by atoms with Crippen LogP contribution in [0.25, 0.3) is 0 Å². The number of esters is 1. The molecular weight excluding hydrogens is 332 g/mol. The number of benzene rings is 2. The van der Waals surface area contributed by atoms with Crippen LogP contribution in [0.1, 0.15) is 10.4 Å². The fourth-order valence-electron chi connectivity index (χ4n) is 2.37. The Morgan fingerprint density at radius 2 is 1.65 bits per heavy atom. The average Bonchev–Trinajstić information content (AvgIpc) is 2.68. The summed E-state index contributed by atoms with van der Waals surface area (Å²) in [6.45, 7) is 0. The maximum atomic E-state index is 11.9. The van der Waals surface area contributed by atoms with Gasteiger partial charge in [-0.3, -0.25) is 0 Å². The molecule has 7 nitrogen and oxygen atoms in total. The van der Waals surface area contributed by atoms with Crippen LogP contribution in [0, 0.1) is 0 Å². The Hall–Kier alpha value is -3.61.